The Labute approximate surface area is 127 Å². The zero-order valence-electron chi connectivity index (χ0n) is 12.3. The van der Waals surface area contributed by atoms with Crippen LogP contribution in [0.5, 0.6) is 0 Å². The third kappa shape index (κ3) is 2.54. The molecule has 5 heteroatoms. The highest BCUT2D eigenvalue weighted by Crippen LogP contribution is 2.11. The zero-order chi connectivity index (χ0) is 15.7. The van der Waals surface area contributed by atoms with Gasteiger partial charge < -0.3 is 5.73 Å². The number of carbonyl (C=O) groups is 1. The van der Waals surface area contributed by atoms with Gasteiger partial charge in [-0.25, -0.2) is 9.50 Å². The molecule has 22 heavy (non-hydrogen) atoms. The molecular formula is C17H14N4O. The minimum Gasteiger partial charge on any atom is -0.366 e. The van der Waals surface area contributed by atoms with Crippen molar-refractivity contribution in [2.75, 3.05) is 0 Å². The summed E-state index contributed by atoms with van der Waals surface area (Å²) in [5, 5.41) is 4.30. The minimum absolute atomic E-state index is 0.446. The number of carbonyl (C=O) groups excluding carboxylic acids is 1. The number of nitrogens with zero attached hydrogens (tertiary/aromatic N) is 3. The molecule has 0 bridgehead atoms. The molecule has 3 rings (SSSR count). The van der Waals surface area contributed by atoms with Crippen LogP contribution in [0.15, 0.2) is 36.7 Å². The standard InChI is InChI=1S/C17H14N4O/c1-11-7-16-19-10-15(21(16)20-9-11)6-5-13-8-14(17(18)22)4-3-12(13)2/h3-4,7-10H,1-2H3,(H2,18,22). The summed E-state index contributed by atoms with van der Waals surface area (Å²) in [5.74, 6) is 5.64. The summed E-state index contributed by atoms with van der Waals surface area (Å²) in [4.78, 5) is 15.5. The van der Waals surface area contributed by atoms with Crippen LogP contribution in [0.4, 0.5) is 0 Å². The summed E-state index contributed by atoms with van der Waals surface area (Å²) < 4.78 is 1.69. The molecule has 108 valence electrons. The predicted octanol–water partition coefficient (Wildman–Crippen LogP) is 1.84. The number of nitrogens with two attached hydrogens (primary N) is 1. The molecule has 0 unspecified atom stereocenters. The zero-order valence-corrected chi connectivity index (χ0v) is 12.3. The predicted molar refractivity (Wildman–Crippen MR) is 83.4 cm³/mol. The average molecular weight is 290 g/mol. The summed E-state index contributed by atoms with van der Waals surface area (Å²) in [5.41, 5.74) is 9.98. The van der Waals surface area contributed by atoms with Crippen LogP contribution < -0.4 is 5.73 Å². The molecule has 2 heterocycles. The van der Waals surface area contributed by atoms with E-state index in [1.165, 1.54) is 0 Å². The fourth-order valence-electron chi connectivity index (χ4n) is 2.10. The first-order valence-corrected chi connectivity index (χ1v) is 6.77. The second kappa shape index (κ2) is 5.34. The molecule has 0 radical (unpaired) electrons. The molecule has 0 aliphatic heterocycles. The number of hydrogen-bond donors (Lipinski definition) is 1. The van der Waals surface area contributed by atoms with E-state index in [4.69, 9.17) is 5.73 Å². The van der Waals surface area contributed by atoms with Crippen molar-refractivity contribution in [2.45, 2.75) is 13.8 Å². The van der Waals surface area contributed by atoms with Gasteiger partial charge in [0.2, 0.25) is 5.91 Å². The SMILES string of the molecule is Cc1cnn2c(C#Cc3cc(C(N)=O)ccc3C)cnc2c1. The van der Waals surface area contributed by atoms with Crippen molar-refractivity contribution < 1.29 is 4.79 Å². The molecule has 2 aromatic heterocycles. The van der Waals surface area contributed by atoms with Gasteiger partial charge in [0, 0.05) is 11.1 Å². The number of aryl methyl sites for hydroxylation is 2. The lowest BCUT2D eigenvalue weighted by Crippen LogP contribution is -2.11. The lowest BCUT2D eigenvalue weighted by Gasteiger charge is -2.00. The topological polar surface area (TPSA) is 73.3 Å². The maximum Gasteiger partial charge on any atom is 0.248 e. The van der Waals surface area contributed by atoms with Gasteiger partial charge >= 0.3 is 0 Å². The van der Waals surface area contributed by atoms with E-state index in [1.54, 1.807) is 29.0 Å². The Kier molecular flexibility index (Phi) is 3.36. The second-order valence-corrected chi connectivity index (χ2v) is 5.09. The summed E-state index contributed by atoms with van der Waals surface area (Å²) >= 11 is 0. The molecule has 3 aromatic rings. The largest absolute Gasteiger partial charge is 0.366 e. The van der Waals surface area contributed by atoms with E-state index in [2.05, 4.69) is 21.9 Å². The quantitative estimate of drug-likeness (QED) is 0.695. The van der Waals surface area contributed by atoms with Gasteiger partial charge in [0.25, 0.3) is 0 Å². The Hall–Kier alpha value is -3.13. The van der Waals surface area contributed by atoms with Crippen molar-refractivity contribution in [1.29, 1.82) is 0 Å². The number of amides is 1. The number of rotatable bonds is 1. The van der Waals surface area contributed by atoms with Crippen LogP contribution in [0.25, 0.3) is 5.65 Å². The highest BCUT2D eigenvalue weighted by molar-refractivity contribution is 5.93. The van der Waals surface area contributed by atoms with E-state index in [9.17, 15) is 4.79 Å². The molecule has 0 atom stereocenters. The number of primary amides is 1. The van der Waals surface area contributed by atoms with Gasteiger partial charge in [-0.05, 0) is 49.1 Å². The van der Waals surface area contributed by atoms with Crippen LogP contribution in [0.2, 0.25) is 0 Å². The summed E-state index contributed by atoms with van der Waals surface area (Å²) in [7, 11) is 0. The van der Waals surface area contributed by atoms with E-state index in [1.807, 2.05) is 26.0 Å². The van der Waals surface area contributed by atoms with Crippen molar-refractivity contribution >= 4 is 11.6 Å². The van der Waals surface area contributed by atoms with Crippen molar-refractivity contribution in [3.63, 3.8) is 0 Å². The second-order valence-electron chi connectivity index (χ2n) is 5.09. The molecule has 2 N–H and O–H groups in total. The van der Waals surface area contributed by atoms with Crippen LogP contribution in [0.3, 0.4) is 0 Å². The van der Waals surface area contributed by atoms with Gasteiger partial charge in [-0.2, -0.15) is 5.10 Å². The fraction of sp³-hybridized carbons (Fsp3) is 0.118. The number of hydrogen-bond acceptors (Lipinski definition) is 3. The highest BCUT2D eigenvalue weighted by atomic mass is 16.1. The molecular weight excluding hydrogens is 276 g/mol. The van der Waals surface area contributed by atoms with Gasteiger partial charge in [0.15, 0.2) is 5.65 Å². The number of fused-ring (bicyclic) bond motifs is 1. The fourth-order valence-corrected chi connectivity index (χ4v) is 2.10. The number of imidazole rings is 1. The molecule has 5 nitrogen and oxygen atoms in total. The number of benzene rings is 1. The Morgan fingerprint density at radius 1 is 1.18 bits per heavy atom. The van der Waals surface area contributed by atoms with E-state index in [-0.39, 0.29) is 0 Å². The third-order valence-corrected chi connectivity index (χ3v) is 3.35. The van der Waals surface area contributed by atoms with Crippen molar-refractivity contribution in [3.8, 4) is 11.8 Å². The van der Waals surface area contributed by atoms with Gasteiger partial charge in [-0.15, -0.1) is 0 Å². The monoisotopic (exact) mass is 290 g/mol. The van der Waals surface area contributed by atoms with E-state index < -0.39 is 5.91 Å². The molecule has 0 aliphatic carbocycles. The first-order valence-electron chi connectivity index (χ1n) is 6.77. The summed E-state index contributed by atoms with van der Waals surface area (Å²) in [6.07, 6.45) is 3.45. The smallest absolute Gasteiger partial charge is 0.248 e. The Morgan fingerprint density at radius 2 is 2.00 bits per heavy atom. The maximum atomic E-state index is 11.3. The molecule has 0 saturated carbocycles. The lowest BCUT2D eigenvalue weighted by atomic mass is 10.0. The first kappa shape index (κ1) is 13.8. The average Bonchev–Trinajstić information content (AvgIpc) is 2.88. The highest BCUT2D eigenvalue weighted by Gasteiger charge is 2.04. The molecule has 1 amide bonds. The lowest BCUT2D eigenvalue weighted by molar-refractivity contribution is 0.100. The van der Waals surface area contributed by atoms with Crippen LogP contribution >= 0.6 is 0 Å². The van der Waals surface area contributed by atoms with Crippen LogP contribution in [-0.2, 0) is 0 Å². The Bertz CT molecular complexity index is 944. The van der Waals surface area contributed by atoms with E-state index >= 15 is 0 Å². The molecule has 1 aromatic carbocycles. The Balaban J connectivity index is 2.04. The maximum absolute atomic E-state index is 11.3. The number of aromatic nitrogens is 3. The van der Waals surface area contributed by atoms with Gasteiger partial charge in [0.1, 0.15) is 5.69 Å². The van der Waals surface area contributed by atoms with Crippen LogP contribution in [-0.4, -0.2) is 20.5 Å². The van der Waals surface area contributed by atoms with E-state index in [0.717, 1.165) is 22.3 Å². The minimum atomic E-state index is -0.463. The van der Waals surface area contributed by atoms with Gasteiger partial charge in [-0.3, -0.25) is 4.79 Å². The van der Waals surface area contributed by atoms with Crippen LogP contribution in [0, 0.1) is 25.7 Å². The summed E-state index contributed by atoms with van der Waals surface area (Å²) in [6.45, 7) is 3.90. The van der Waals surface area contributed by atoms with Gasteiger partial charge in [-0.1, -0.05) is 12.0 Å². The summed E-state index contributed by atoms with van der Waals surface area (Å²) in [6, 6.07) is 7.17. The third-order valence-electron chi connectivity index (χ3n) is 3.35. The molecule has 0 aliphatic rings. The Morgan fingerprint density at radius 3 is 2.77 bits per heavy atom. The van der Waals surface area contributed by atoms with Gasteiger partial charge in [0.05, 0.1) is 12.4 Å². The molecule has 0 spiro atoms. The normalized spacial score (nSPS) is 10.3. The molecule has 0 saturated heterocycles. The van der Waals surface area contributed by atoms with Crippen LogP contribution in [0.1, 0.15) is 32.7 Å². The van der Waals surface area contributed by atoms with Crippen molar-refractivity contribution in [3.05, 3.63) is 64.6 Å². The van der Waals surface area contributed by atoms with Crippen molar-refractivity contribution in [2.24, 2.45) is 5.73 Å². The first-order chi connectivity index (χ1) is 10.5. The van der Waals surface area contributed by atoms with E-state index in [0.29, 0.717) is 11.3 Å². The molecule has 0 fully saturated rings. The van der Waals surface area contributed by atoms with Crippen molar-refractivity contribution in [1.82, 2.24) is 14.6 Å².